The van der Waals surface area contributed by atoms with Crippen molar-refractivity contribution in [1.29, 1.82) is 0 Å². The zero-order valence-corrected chi connectivity index (χ0v) is 15.7. The van der Waals surface area contributed by atoms with Crippen LogP contribution < -0.4 is 0 Å². The maximum Gasteiger partial charge on any atom is 0.217 e. The average Bonchev–Trinajstić information content (AvgIpc) is 3.05. The fourth-order valence-electron chi connectivity index (χ4n) is 2.58. The van der Waals surface area contributed by atoms with E-state index in [-0.39, 0.29) is 11.5 Å². The van der Waals surface area contributed by atoms with E-state index in [0.29, 0.717) is 27.9 Å². The van der Waals surface area contributed by atoms with E-state index < -0.39 is 16.6 Å². The van der Waals surface area contributed by atoms with E-state index in [1.54, 1.807) is 18.2 Å². The molecule has 0 aliphatic carbocycles. The number of aryl methyl sites for hydroxylation is 1. The molecular weight excluding hydrogens is 337 g/mol. The van der Waals surface area contributed by atoms with Crippen LogP contribution in [0.3, 0.4) is 0 Å². The fourth-order valence-corrected chi connectivity index (χ4v) is 3.79. The van der Waals surface area contributed by atoms with Crippen LogP contribution in [0.4, 0.5) is 4.39 Å². The first-order chi connectivity index (χ1) is 11.8. The quantitative estimate of drug-likeness (QED) is 0.810. The molecule has 2 aromatic carbocycles. The van der Waals surface area contributed by atoms with Crippen LogP contribution in [0.5, 0.6) is 0 Å². The van der Waals surface area contributed by atoms with E-state index in [1.165, 1.54) is 12.1 Å². The molecule has 0 N–H and O–H groups in total. The highest BCUT2D eigenvalue weighted by Crippen LogP contribution is 2.30. The van der Waals surface area contributed by atoms with Crippen molar-refractivity contribution in [3.8, 4) is 0 Å². The molecule has 3 rings (SSSR count). The predicted molar refractivity (Wildman–Crippen MR) is 98.0 cm³/mol. The van der Waals surface area contributed by atoms with Gasteiger partial charge in [-0.2, -0.15) is 0 Å². The van der Waals surface area contributed by atoms with Crippen LogP contribution >= 0.6 is 0 Å². The van der Waals surface area contributed by atoms with Crippen LogP contribution in [0, 0.1) is 18.2 Å². The minimum absolute atomic E-state index is 0.0215. The van der Waals surface area contributed by atoms with E-state index in [9.17, 15) is 8.60 Å². The predicted octanol–water partition coefficient (Wildman–Crippen LogP) is 4.49. The summed E-state index contributed by atoms with van der Waals surface area (Å²) in [6.07, 6.45) is 0. The Balaban J connectivity index is 2.02. The Morgan fingerprint density at radius 1 is 1.16 bits per heavy atom. The van der Waals surface area contributed by atoms with E-state index in [2.05, 4.69) is 25.8 Å². The highest BCUT2D eigenvalue weighted by Gasteiger charge is 2.32. The second-order valence-corrected chi connectivity index (χ2v) is 8.80. The smallest absolute Gasteiger partial charge is 0.217 e. The largest absolute Gasteiger partial charge is 0.475 e. The van der Waals surface area contributed by atoms with Gasteiger partial charge in [0.2, 0.25) is 5.90 Å². The molecule has 0 amide bonds. The topological polar surface area (TPSA) is 38.7 Å². The maximum atomic E-state index is 13.8. The van der Waals surface area contributed by atoms with Crippen molar-refractivity contribution >= 4 is 16.7 Å². The van der Waals surface area contributed by atoms with Crippen molar-refractivity contribution in [1.82, 2.24) is 0 Å². The van der Waals surface area contributed by atoms with Gasteiger partial charge in [-0.1, -0.05) is 38.5 Å². The standard InChI is InChI=1S/C20H22FNO2S/c1-13-5-8-15(9-6-13)25(23)17-11-14(21)7-10-16(17)19-22-18(12-24-19)20(2,3)4/h5-11,18H,12H2,1-4H3/t18-,25+/m1/s1. The average molecular weight is 359 g/mol. The molecule has 0 unspecified atom stereocenters. The Morgan fingerprint density at radius 3 is 2.44 bits per heavy atom. The monoisotopic (exact) mass is 359 g/mol. The van der Waals surface area contributed by atoms with Gasteiger partial charge in [0, 0.05) is 4.90 Å². The second-order valence-electron chi connectivity index (χ2n) is 7.35. The van der Waals surface area contributed by atoms with Gasteiger partial charge in [-0.05, 0) is 42.7 Å². The van der Waals surface area contributed by atoms with E-state index in [0.717, 1.165) is 5.56 Å². The summed E-state index contributed by atoms with van der Waals surface area (Å²) in [6.45, 7) is 8.75. The lowest BCUT2D eigenvalue weighted by molar-refractivity contribution is 0.235. The van der Waals surface area contributed by atoms with Crippen molar-refractivity contribution in [2.75, 3.05) is 6.61 Å². The number of hydrogen-bond acceptors (Lipinski definition) is 3. The van der Waals surface area contributed by atoms with E-state index >= 15 is 0 Å². The zero-order valence-electron chi connectivity index (χ0n) is 14.9. The number of nitrogens with zero attached hydrogens (tertiary/aromatic N) is 1. The number of aliphatic imine (C=N–C) groups is 1. The summed E-state index contributed by atoms with van der Waals surface area (Å²) in [5.74, 6) is 0.0144. The molecule has 3 nitrogen and oxygen atoms in total. The zero-order chi connectivity index (χ0) is 18.2. The van der Waals surface area contributed by atoms with Crippen LogP contribution in [0.15, 0.2) is 57.2 Å². The molecule has 0 fully saturated rings. The van der Waals surface area contributed by atoms with Crippen LogP contribution in [0.2, 0.25) is 0 Å². The lowest BCUT2D eigenvalue weighted by atomic mass is 9.88. The minimum Gasteiger partial charge on any atom is -0.475 e. The number of benzene rings is 2. The minimum atomic E-state index is -1.51. The summed E-state index contributed by atoms with van der Waals surface area (Å²) in [4.78, 5) is 5.66. The number of rotatable bonds is 3. The highest BCUT2D eigenvalue weighted by atomic mass is 32.2. The molecule has 25 heavy (non-hydrogen) atoms. The van der Waals surface area contributed by atoms with Gasteiger partial charge in [-0.3, -0.25) is 0 Å². The fraction of sp³-hybridized carbons (Fsp3) is 0.350. The lowest BCUT2D eigenvalue weighted by Crippen LogP contribution is -2.25. The maximum absolute atomic E-state index is 13.8. The molecule has 1 aliphatic heterocycles. The summed E-state index contributed by atoms with van der Waals surface area (Å²) in [5, 5.41) is 0. The summed E-state index contributed by atoms with van der Waals surface area (Å²) < 4.78 is 32.6. The van der Waals surface area contributed by atoms with Gasteiger partial charge in [0.25, 0.3) is 0 Å². The molecule has 2 aromatic rings. The third-order valence-corrected chi connectivity index (χ3v) is 5.70. The Kier molecular flexibility index (Phi) is 4.78. The van der Waals surface area contributed by atoms with Crippen molar-refractivity contribution < 1.29 is 13.3 Å². The first-order valence-electron chi connectivity index (χ1n) is 8.24. The highest BCUT2D eigenvalue weighted by molar-refractivity contribution is 7.85. The molecule has 1 heterocycles. The number of hydrogen-bond donors (Lipinski definition) is 0. The van der Waals surface area contributed by atoms with Gasteiger partial charge in [-0.25, -0.2) is 13.6 Å². The van der Waals surface area contributed by atoms with Gasteiger partial charge in [0.1, 0.15) is 12.4 Å². The SMILES string of the molecule is Cc1ccc([S@](=O)c2cc(F)ccc2C2=N[C@@H](C(C)(C)C)CO2)cc1. The summed E-state index contributed by atoms with van der Waals surface area (Å²) in [7, 11) is -1.51. The molecule has 0 saturated heterocycles. The van der Waals surface area contributed by atoms with E-state index in [4.69, 9.17) is 4.74 Å². The van der Waals surface area contributed by atoms with Crippen LogP contribution in [0.25, 0.3) is 0 Å². The van der Waals surface area contributed by atoms with Gasteiger partial charge in [0.15, 0.2) is 0 Å². The molecule has 2 atom stereocenters. The van der Waals surface area contributed by atoms with Crippen molar-refractivity contribution in [2.24, 2.45) is 10.4 Å². The summed E-state index contributed by atoms with van der Waals surface area (Å²) in [6, 6.07) is 11.7. The Labute approximate surface area is 150 Å². The first kappa shape index (κ1) is 17.8. The Morgan fingerprint density at radius 2 is 1.84 bits per heavy atom. The Hall–Kier alpha value is -2.01. The second kappa shape index (κ2) is 6.71. The van der Waals surface area contributed by atoms with Gasteiger partial charge in [0.05, 0.1) is 27.3 Å². The molecule has 0 saturated carbocycles. The van der Waals surface area contributed by atoms with Gasteiger partial charge >= 0.3 is 0 Å². The van der Waals surface area contributed by atoms with Crippen LogP contribution in [-0.4, -0.2) is 22.8 Å². The molecule has 0 radical (unpaired) electrons. The van der Waals surface area contributed by atoms with Crippen LogP contribution in [0.1, 0.15) is 31.9 Å². The normalized spacial score (nSPS) is 18.6. The van der Waals surface area contributed by atoms with Crippen molar-refractivity contribution in [3.63, 3.8) is 0 Å². The van der Waals surface area contributed by atoms with Crippen molar-refractivity contribution in [3.05, 3.63) is 59.4 Å². The number of halogens is 1. The summed E-state index contributed by atoms with van der Waals surface area (Å²) >= 11 is 0. The third kappa shape index (κ3) is 3.82. The first-order valence-corrected chi connectivity index (χ1v) is 9.39. The molecule has 0 spiro atoms. The lowest BCUT2D eigenvalue weighted by Gasteiger charge is -2.21. The number of ether oxygens (including phenoxy) is 1. The van der Waals surface area contributed by atoms with Crippen molar-refractivity contribution in [2.45, 2.75) is 43.5 Å². The van der Waals surface area contributed by atoms with Gasteiger partial charge < -0.3 is 4.74 Å². The molecule has 132 valence electrons. The summed E-state index contributed by atoms with van der Waals surface area (Å²) in [5.41, 5.74) is 1.64. The molecular formula is C20H22FNO2S. The molecule has 0 aromatic heterocycles. The third-order valence-electron chi connectivity index (χ3n) is 4.26. The van der Waals surface area contributed by atoms with Crippen LogP contribution in [-0.2, 0) is 15.5 Å². The van der Waals surface area contributed by atoms with E-state index in [1.807, 2.05) is 19.1 Å². The molecule has 0 bridgehead atoms. The Bertz CT molecular complexity index is 838. The molecule has 1 aliphatic rings. The van der Waals surface area contributed by atoms with Gasteiger partial charge in [-0.15, -0.1) is 0 Å². The molecule has 5 heteroatoms.